The van der Waals surface area contributed by atoms with Gasteiger partial charge in [-0.1, -0.05) is 32.9 Å². The molecule has 1 amide bonds. The van der Waals surface area contributed by atoms with Crippen molar-refractivity contribution in [1.82, 2.24) is 20.2 Å². The number of rotatable bonds is 4. The number of nitrogens with zero attached hydrogens (tertiary/aromatic N) is 3. The van der Waals surface area contributed by atoms with E-state index in [0.717, 1.165) is 6.54 Å². The summed E-state index contributed by atoms with van der Waals surface area (Å²) in [6.07, 6.45) is 3.35. The number of ether oxygens (including phenoxy) is 1. The summed E-state index contributed by atoms with van der Waals surface area (Å²) >= 11 is 7.07. The van der Waals surface area contributed by atoms with Crippen LogP contribution in [0.15, 0.2) is 29.9 Å². The van der Waals surface area contributed by atoms with Crippen LogP contribution in [0.5, 0.6) is 5.75 Å². The van der Waals surface area contributed by atoms with E-state index in [1.807, 2.05) is 26.0 Å². The first kappa shape index (κ1) is 21.3. The smallest absolute Gasteiger partial charge is 0.273 e. The molecule has 0 aliphatic carbocycles. The minimum absolute atomic E-state index is 0. The third-order valence-corrected chi connectivity index (χ3v) is 4.36. The average molecular weight is 385 g/mol. The number of piperazine rings is 1. The lowest BCUT2D eigenvalue weighted by molar-refractivity contribution is 0.0554. The molecule has 3 heterocycles. The second kappa shape index (κ2) is 11.0. The van der Waals surface area contributed by atoms with Gasteiger partial charge in [0, 0.05) is 31.2 Å². The van der Waals surface area contributed by atoms with Gasteiger partial charge in [0.05, 0.1) is 12.2 Å². The van der Waals surface area contributed by atoms with Gasteiger partial charge in [0.2, 0.25) is 0 Å². The minimum atomic E-state index is -0.107. The van der Waals surface area contributed by atoms with Crippen LogP contribution in [0.2, 0.25) is 4.47 Å². The maximum Gasteiger partial charge on any atom is 0.273 e. The quantitative estimate of drug-likeness (QED) is 0.875. The van der Waals surface area contributed by atoms with E-state index in [-0.39, 0.29) is 19.4 Å². The molecule has 1 aliphatic rings. The highest BCUT2D eigenvalue weighted by Crippen LogP contribution is 2.18. The van der Waals surface area contributed by atoms with Gasteiger partial charge in [0.15, 0.2) is 4.47 Å². The van der Waals surface area contributed by atoms with Gasteiger partial charge in [-0.3, -0.25) is 9.78 Å². The number of aromatic nitrogens is 2. The predicted molar refractivity (Wildman–Crippen MR) is 103 cm³/mol. The van der Waals surface area contributed by atoms with Gasteiger partial charge >= 0.3 is 0 Å². The van der Waals surface area contributed by atoms with Crippen LogP contribution in [0.25, 0.3) is 0 Å². The Balaban J connectivity index is 0.00000101. The van der Waals surface area contributed by atoms with E-state index in [1.165, 1.54) is 11.3 Å². The zero-order valence-corrected chi connectivity index (χ0v) is 15.3. The second-order valence-electron chi connectivity index (χ2n) is 4.84. The van der Waals surface area contributed by atoms with Gasteiger partial charge in [-0.2, -0.15) is 0 Å². The molecule has 8 heteroatoms. The Morgan fingerprint density at radius 2 is 2.32 bits per heavy atom. The second-order valence-corrected chi connectivity index (χ2v) is 6.28. The number of carbonyl (C=O) groups is 1. The molecule has 1 aliphatic heterocycles. The molecule has 0 radical (unpaired) electrons. The minimum Gasteiger partial charge on any atom is -0.490 e. The monoisotopic (exact) mass is 384 g/mol. The molecule has 0 spiro atoms. The van der Waals surface area contributed by atoms with E-state index in [1.54, 1.807) is 22.7 Å². The van der Waals surface area contributed by atoms with Crippen LogP contribution in [0.3, 0.4) is 0 Å². The van der Waals surface area contributed by atoms with E-state index >= 15 is 0 Å². The van der Waals surface area contributed by atoms with Crippen LogP contribution < -0.4 is 10.1 Å². The Morgan fingerprint density at radius 3 is 2.96 bits per heavy atom. The van der Waals surface area contributed by atoms with E-state index in [0.29, 0.717) is 35.6 Å². The highest BCUT2D eigenvalue weighted by Gasteiger charge is 2.29. The van der Waals surface area contributed by atoms with Crippen molar-refractivity contribution in [2.45, 2.75) is 27.3 Å². The van der Waals surface area contributed by atoms with Gasteiger partial charge in [0.1, 0.15) is 18.1 Å². The van der Waals surface area contributed by atoms with E-state index < -0.39 is 0 Å². The van der Waals surface area contributed by atoms with Crippen LogP contribution in [-0.4, -0.2) is 53.1 Å². The fourth-order valence-corrected chi connectivity index (χ4v) is 3.04. The standard InChI is InChI=1S/C14H15ClN4O2S.C2H6.CH4/c15-14-18-12(9-22-14)13(20)19-5-4-17-6-10(19)8-21-11-2-1-3-16-7-11;1-2;/h1-3,7,9-10,17H,4-6,8H2;1-2H3;1H4. The van der Waals surface area contributed by atoms with Crippen LogP contribution in [0, 0.1) is 0 Å². The molecular formula is C17H25ClN4O2S. The van der Waals surface area contributed by atoms with E-state index in [4.69, 9.17) is 16.3 Å². The molecule has 0 bridgehead atoms. The molecule has 0 aromatic carbocycles. The van der Waals surface area contributed by atoms with Crippen molar-refractivity contribution in [2.24, 2.45) is 0 Å². The van der Waals surface area contributed by atoms with Gasteiger partial charge in [0.25, 0.3) is 5.91 Å². The number of halogens is 1. The van der Waals surface area contributed by atoms with Gasteiger partial charge < -0.3 is 15.0 Å². The number of nitrogens with one attached hydrogen (secondary N) is 1. The van der Waals surface area contributed by atoms with Gasteiger partial charge in [-0.25, -0.2) is 4.98 Å². The Labute approximate surface area is 158 Å². The summed E-state index contributed by atoms with van der Waals surface area (Å²) in [5.41, 5.74) is 0.392. The van der Waals surface area contributed by atoms with Crippen molar-refractivity contribution >= 4 is 28.8 Å². The van der Waals surface area contributed by atoms with Crippen LogP contribution in [-0.2, 0) is 0 Å². The molecule has 2 aromatic heterocycles. The fourth-order valence-electron chi connectivity index (χ4n) is 2.30. The van der Waals surface area contributed by atoms with Crippen LogP contribution >= 0.6 is 22.9 Å². The fraction of sp³-hybridized carbons (Fsp3) is 0.471. The highest BCUT2D eigenvalue weighted by molar-refractivity contribution is 7.14. The summed E-state index contributed by atoms with van der Waals surface area (Å²) in [6.45, 7) is 6.47. The Bertz CT molecular complexity index is 639. The lowest BCUT2D eigenvalue weighted by atomic mass is 10.2. The molecule has 2 aromatic rings. The summed E-state index contributed by atoms with van der Waals surface area (Å²) < 4.78 is 6.10. The zero-order chi connectivity index (χ0) is 17.4. The van der Waals surface area contributed by atoms with Crippen LogP contribution in [0.4, 0.5) is 0 Å². The highest BCUT2D eigenvalue weighted by atomic mass is 35.5. The molecule has 1 fully saturated rings. The topological polar surface area (TPSA) is 67.4 Å². The van der Waals surface area contributed by atoms with Crippen molar-refractivity contribution in [2.75, 3.05) is 26.2 Å². The van der Waals surface area contributed by atoms with Gasteiger partial charge in [-0.15, -0.1) is 11.3 Å². The summed E-state index contributed by atoms with van der Waals surface area (Å²) in [7, 11) is 0. The number of pyridine rings is 1. The summed E-state index contributed by atoms with van der Waals surface area (Å²) in [4.78, 5) is 22.4. The van der Waals surface area contributed by atoms with E-state index in [9.17, 15) is 4.79 Å². The van der Waals surface area contributed by atoms with Crippen molar-refractivity contribution in [3.05, 3.63) is 40.1 Å². The normalized spacial score (nSPS) is 16.3. The SMILES string of the molecule is C.CC.O=C(c1csc(Cl)n1)N1CCNCC1COc1cccnc1. The van der Waals surface area contributed by atoms with Crippen molar-refractivity contribution in [3.63, 3.8) is 0 Å². The molecule has 138 valence electrons. The third kappa shape index (κ3) is 5.95. The number of amides is 1. The van der Waals surface area contributed by atoms with E-state index in [2.05, 4.69) is 15.3 Å². The number of hydrogen-bond donors (Lipinski definition) is 1. The summed E-state index contributed by atoms with van der Waals surface area (Å²) in [5.74, 6) is 0.585. The average Bonchev–Trinajstić information content (AvgIpc) is 3.08. The third-order valence-electron chi connectivity index (χ3n) is 3.38. The molecular weight excluding hydrogens is 360 g/mol. The number of carbonyl (C=O) groups excluding carboxylic acids is 1. The molecule has 3 rings (SSSR count). The first-order chi connectivity index (χ1) is 11.7. The Hall–Kier alpha value is -1.70. The number of thiazole rings is 1. The first-order valence-electron chi connectivity index (χ1n) is 7.89. The predicted octanol–water partition coefficient (Wildman–Crippen LogP) is 3.35. The lowest BCUT2D eigenvalue weighted by Crippen LogP contribution is -2.56. The molecule has 1 unspecified atom stereocenters. The van der Waals surface area contributed by atoms with Gasteiger partial charge in [-0.05, 0) is 12.1 Å². The molecule has 0 saturated carbocycles. The molecule has 1 saturated heterocycles. The van der Waals surface area contributed by atoms with Crippen LogP contribution in [0.1, 0.15) is 31.8 Å². The Morgan fingerprint density at radius 1 is 1.52 bits per heavy atom. The summed E-state index contributed by atoms with van der Waals surface area (Å²) in [6, 6.07) is 3.60. The molecule has 25 heavy (non-hydrogen) atoms. The zero-order valence-electron chi connectivity index (χ0n) is 13.7. The maximum absolute atomic E-state index is 12.6. The van der Waals surface area contributed by atoms with Crippen molar-refractivity contribution in [3.8, 4) is 5.75 Å². The largest absolute Gasteiger partial charge is 0.490 e. The summed E-state index contributed by atoms with van der Waals surface area (Å²) in [5, 5.41) is 4.97. The molecule has 1 atom stereocenters. The maximum atomic E-state index is 12.6. The number of hydrogen-bond acceptors (Lipinski definition) is 6. The Kier molecular flexibility index (Phi) is 9.41. The lowest BCUT2D eigenvalue weighted by Gasteiger charge is -2.35. The molecule has 1 N–H and O–H groups in total. The van der Waals surface area contributed by atoms with Crippen molar-refractivity contribution < 1.29 is 9.53 Å². The molecule has 6 nitrogen and oxygen atoms in total. The first-order valence-corrected chi connectivity index (χ1v) is 9.15. The van der Waals surface area contributed by atoms with Crippen molar-refractivity contribution in [1.29, 1.82) is 0 Å².